The van der Waals surface area contributed by atoms with Crippen LogP contribution in [0.4, 0.5) is 5.69 Å². The Morgan fingerprint density at radius 1 is 1.35 bits per heavy atom. The number of anilines is 1. The van der Waals surface area contributed by atoms with Crippen LogP contribution in [0, 0.1) is 0 Å². The van der Waals surface area contributed by atoms with Crippen LogP contribution >= 0.6 is 0 Å². The number of morpholine rings is 1. The second kappa shape index (κ2) is 5.46. The lowest BCUT2D eigenvalue weighted by Gasteiger charge is -2.35. The molecule has 1 atom stereocenters. The fourth-order valence-electron chi connectivity index (χ4n) is 2.92. The highest BCUT2D eigenvalue weighted by Gasteiger charge is 2.22. The smallest absolute Gasteiger partial charge is 0.0881 e. The van der Waals surface area contributed by atoms with Crippen LogP contribution in [0.1, 0.15) is 13.8 Å². The number of nitrogens with two attached hydrogens (primary N) is 1. The number of hydrogen-bond donors (Lipinski definition) is 1. The van der Waals surface area contributed by atoms with Crippen molar-refractivity contribution < 1.29 is 4.74 Å². The van der Waals surface area contributed by atoms with E-state index < -0.39 is 0 Å². The molecule has 1 unspecified atom stereocenters. The minimum atomic E-state index is 0.263. The first-order valence-corrected chi connectivity index (χ1v) is 7.33. The summed E-state index contributed by atoms with van der Waals surface area (Å²) in [4.78, 5) is 2.48. The first-order chi connectivity index (χ1) is 9.63. The molecule has 0 saturated carbocycles. The van der Waals surface area contributed by atoms with Crippen molar-refractivity contribution in [3.8, 4) is 0 Å². The highest BCUT2D eigenvalue weighted by atomic mass is 16.5. The predicted octanol–water partition coefficient (Wildman–Crippen LogP) is 2.33. The van der Waals surface area contributed by atoms with Gasteiger partial charge >= 0.3 is 0 Å². The Hall–Kier alpha value is -1.52. The standard InChI is InChI=1S/C16H23N3O/c1-12(2)18-7-8-20-15(10-18)11-19-6-5-13-9-14(17)3-4-16(13)19/h3-6,9,12,15H,7-8,10-11,17H2,1-2H3. The number of fused-ring (bicyclic) bond motifs is 1. The lowest BCUT2D eigenvalue weighted by atomic mass is 10.2. The largest absolute Gasteiger partial charge is 0.399 e. The quantitative estimate of drug-likeness (QED) is 0.873. The van der Waals surface area contributed by atoms with E-state index in [1.165, 1.54) is 10.9 Å². The summed E-state index contributed by atoms with van der Waals surface area (Å²) in [5, 5.41) is 1.20. The Balaban J connectivity index is 1.76. The zero-order chi connectivity index (χ0) is 14.1. The summed E-state index contributed by atoms with van der Waals surface area (Å²) in [6, 6.07) is 8.78. The monoisotopic (exact) mass is 273 g/mol. The first-order valence-electron chi connectivity index (χ1n) is 7.33. The number of nitrogens with zero attached hydrogens (tertiary/aromatic N) is 2. The van der Waals surface area contributed by atoms with E-state index in [0.29, 0.717) is 6.04 Å². The molecular formula is C16H23N3O. The normalized spacial score (nSPS) is 20.9. The third-order valence-corrected chi connectivity index (χ3v) is 4.10. The summed E-state index contributed by atoms with van der Waals surface area (Å²) in [5.74, 6) is 0. The Labute approximate surface area is 120 Å². The molecule has 20 heavy (non-hydrogen) atoms. The van der Waals surface area contributed by atoms with Gasteiger partial charge in [0.2, 0.25) is 0 Å². The number of rotatable bonds is 3. The van der Waals surface area contributed by atoms with Crippen molar-refractivity contribution in [3.05, 3.63) is 30.5 Å². The zero-order valence-electron chi connectivity index (χ0n) is 12.2. The van der Waals surface area contributed by atoms with Gasteiger partial charge in [0, 0.05) is 41.9 Å². The number of aromatic nitrogens is 1. The van der Waals surface area contributed by atoms with Gasteiger partial charge in [-0.25, -0.2) is 0 Å². The van der Waals surface area contributed by atoms with Crippen LogP contribution in [0.25, 0.3) is 10.9 Å². The van der Waals surface area contributed by atoms with Crippen LogP contribution in [0.15, 0.2) is 30.5 Å². The van der Waals surface area contributed by atoms with Crippen LogP contribution in [0.2, 0.25) is 0 Å². The van der Waals surface area contributed by atoms with Gasteiger partial charge in [0.25, 0.3) is 0 Å². The third-order valence-electron chi connectivity index (χ3n) is 4.10. The first kappa shape index (κ1) is 13.5. The second-order valence-electron chi connectivity index (χ2n) is 5.87. The summed E-state index contributed by atoms with van der Waals surface area (Å²) in [7, 11) is 0. The van der Waals surface area contributed by atoms with Crippen molar-refractivity contribution in [3.63, 3.8) is 0 Å². The second-order valence-corrected chi connectivity index (χ2v) is 5.87. The van der Waals surface area contributed by atoms with Crippen molar-refractivity contribution in [2.24, 2.45) is 0 Å². The van der Waals surface area contributed by atoms with Gasteiger partial charge in [0.05, 0.1) is 19.3 Å². The Morgan fingerprint density at radius 2 is 2.20 bits per heavy atom. The number of nitrogen functional groups attached to an aromatic ring is 1. The van der Waals surface area contributed by atoms with Crippen molar-refractivity contribution in [1.82, 2.24) is 9.47 Å². The van der Waals surface area contributed by atoms with Crippen LogP contribution in [0.3, 0.4) is 0 Å². The van der Waals surface area contributed by atoms with Crippen molar-refractivity contribution >= 4 is 16.6 Å². The molecule has 1 aromatic heterocycles. The molecule has 2 heterocycles. The van der Waals surface area contributed by atoms with Gasteiger partial charge in [0.1, 0.15) is 0 Å². The highest BCUT2D eigenvalue weighted by molar-refractivity contribution is 5.83. The topological polar surface area (TPSA) is 43.4 Å². The number of hydrogen-bond acceptors (Lipinski definition) is 3. The van der Waals surface area contributed by atoms with E-state index in [1.807, 2.05) is 12.1 Å². The Morgan fingerprint density at radius 3 is 3.00 bits per heavy atom. The molecule has 0 amide bonds. The van der Waals surface area contributed by atoms with Crippen molar-refractivity contribution in [1.29, 1.82) is 0 Å². The maximum atomic E-state index is 5.92. The van der Waals surface area contributed by atoms with Gasteiger partial charge in [-0.3, -0.25) is 4.90 Å². The molecule has 4 nitrogen and oxygen atoms in total. The van der Waals surface area contributed by atoms with E-state index >= 15 is 0 Å². The molecule has 1 aliphatic heterocycles. The van der Waals surface area contributed by atoms with Crippen LogP contribution in [-0.2, 0) is 11.3 Å². The van der Waals surface area contributed by atoms with Crippen molar-refractivity contribution in [2.75, 3.05) is 25.4 Å². The Bertz CT molecular complexity index is 590. The van der Waals surface area contributed by atoms with Crippen molar-refractivity contribution in [2.45, 2.75) is 32.5 Å². The molecule has 0 radical (unpaired) electrons. The van der Waals surface area contributed by atoms with E-state index in [4.69, 9.17) is 10.5 Å². The summed E-state index contributed by atoms with van der Waals surface area (Å²) < 4.78 is 8.18. The molecule has 4 heteroatoms. The predicted molar refractivity (Wildman–Crippen MR) is 82.8 cm³/mol. The minimum absolute atomic E-state index is 0.263. The van der Waals surface area contributed by atoms with Crippen LogP contribution in [-0.4, -0.2) is 41.3 Å². The van der Waals surface area contributed by atoms with E-state index in [-0.39, 0.29) is 6.10 Å². The summed E-state index contributed by atoms with van der Waals surface area (Å²) in [6.45, 7) is 8.27. The molecule has 108 valence electrons. The summed E-state index contributed by atoms with van der Waals surface area (Å²) >= 11 is 0. The molecular weight excluding hydrogens is 250 g/mol. The fraction of sp³-hybridized carbons (Fsp3) is 0.500. The molecule has 1 fully saturated rings. The van der Waals surface area contributed by atoms with Gasteiger partial charge in [-0.1, -0.05) is 0 Å². The molecule has 0 aliphatic carbocycles. The van der Waals surface area contributed by atoms with Gasteiger partial charge in [-0.05, 0) is 38.1 Å². The molecule has 0 bridgehead atoms. The molecule has 1 aromatic carbocycles. The number of benzene rings is 1. The lowest BCUT2D eigenvalue weighted by Crippen LogP contribution is -2.47. The third kappa shape index (κ3) is 2.67. The van der Waals surface area contributed by atoms with E-state index in [1.54, 1.807) is 0 Å². The SMILES string of the molecule is CC(C)N1CCOC(Cn2ccc3cc(N)ccc32)C1. The van der Waals surface area contributed by atoms with Gasteiger partial charge in [-0.15, -0.1) is 0 Å². The van der Waals surface area contributed by atoms with Gasteiger partial charge < -0.3 is 15.0 Å². The molecule has 2 aromatic rings. The van der Waals surface area contributed by atoms with Crippen LogP contribution in [0.5, 0.6) is 0 Å². The van der Waals surface area contributed by atoms with E-state index in [0.717, 1.165) is 31.9 Å². The lowest BCUT2D eigenvalue weighted by molar-refractivity contribution is -0.0451. The fourth-order valence-corrected chi connectivity index (χ4v) is 2.92. The average Bonchev–Trinajstić information content (AvgIpc) is 2.81. The Kier molecular flexibility index (Phi) is 3.68. The van der Waals surface area contributed by atoms with E-state index in [2.05, 4.69) is 41.6 Å². The molecule has 0 spiro atoms. The van der Waals surface area contributed by atoms with E-state index in [9.17, 15) is 0 Å². The number of ether oxygens (including phenoxy) is 1. The zero-order valence-corrected chi connectivity index (χ0v) is 12.2. The average molecular weight is 273 g/mol. The minimum Gasteiger partial charge on any atom is -0.399 e. The molecule has 1 aliphatic rings. The van der Waals surface area contributed by atoms with Gasteiger partial charge in [0.15, 0.2) is 0 Å². The maximum absolute atomic E-state index is 5.92. The van der Waals surface area contributed by atoms with Crippen LogP contribution < -0.4 is 5.73 Å². The van der Waals surface area contributed by atoms with Gasteiger partial charge in [-0.2, -0.15) is 0 Å². The molecule has 1 saturated heterocycles. The molecule has 3 rings (SSSR count). The molecule has 2 N–H and O–H groups in total. The summed E-state index contributed by atoms with van der Waals surface area (Å²) in [5.41, 5.74) is 7.87. The maximum Gasteiger partial charge on any atom is 0.0881 e. The summed E-state index contributed by atoms with van der Waals surface area (Å²) in [6.07, 6.45) is 2.39. The highest BCUT2D eigenvalue weighted by Crippen LogP contribution is 2.20.